The van der Waals surface area contributed by atoms with Gasteiger partial charge in [-0.2, -0.15) is 0 Å². The van der Waals surface area contributed by atoms with Crippen LogP contribution in [0.15, 0.2) is 57.7 Å². The zero-order chi connectivity index (χ0) is 25.1. The second kappa shape index (κ2) is 10.3. The van der Waals surface area contributed by atoms with E-state index >= 15 is 0 Å². The summed E-state index contributed by atoms with van der Waals surface area (Å²) < 4.78 is 11.4. The first-order valence-corrected chi connectivity index (χ1v) is 12.1. The molecule has 1 fully saturated rings. The Morgan fingerprint density at radius 1 is 1.17 bits per heavy atom. The second-order valence-electron chi connectivity index (χ2n) is 9.25. The first-order chi connectivity index (χ1) is 16.8. The van der Waals surface area contributed by atoms with Gasteiger partial charge in [0, 0.05) is 36.2 Å². The van der Waals surface area contributed by atoms with E-state index in [1.807, 2.05) is 44.2 Å². The number of likely N-dealkylation sites (tertiary alicyclic amines) is 1. The maximum atomic E-state index is 13.1. The van der Waals surface area contributed by atoms with Crippen LogP contribution in [-0.2, 0) is 9.59 Å². The monoisotopic (exact) mass is 477 g/mol. The van der Waals surface area contributed by atoms with Gasteiger partial charge in [0.25, 0.3) is 5.91 Å². The fourth-order valence-corrected chi connectivity index (χ4v) is 5.07. The first-order valence-electron chi connectivity index (χ1n) is 12.1. The largest absolute Gasteiger partial charge is 0.481 e. The molecule has 1 aliphatic heterocycles. The van der Waals surface area contributed by atoms with E-state index in [1.165, 1.54) is 6.07 Å². The quantitative estimate of drug-likeness (QED) is 0.487. The molecule has 0 spiro atoms. The summed E-state index contributed by atoms with van der Waals surface area (Å²) in [5.74, 6) is -1.07. The van der Waals surface area contributed by atoms with Crippen molar-refractivity contribution in [2.45, 2.75) is 46.1 Å². The van der Waals surface area contributed by atoms with Crippen molar-refractivity contribution >= 4 is 22.8 Å². The fraction of sp³-hybridized carbons (Fsp3) is 0.393. The fourth-order valence-electron chi connectivity index (χ4n) is 5.07. The molecular formula is C28H31NO6. The van der Waals surface area contributed by atoms with E-state index < -0.39 is 23.6 Å². The van der Waals surface area contributed by atoms with Crippen LogP contribution < -0.4 is 10.4 Å². The molecule has 1 N–H and O–H groups in total. The van der Waals surface area contributed by atoms with Crippen LogP contribution >= 0.6 is 0 Å². The lowest BCUT2D eigenvalue weighted by molar-refractivity contribution is -0.148. The van der Waals surface area contributed by atoms with Gasteiger partial charge >= 0.3 is 11.6 Å². The molecule has 35 heavy (non-hydrogen) atoms. The van der Waals surface area contributed by atoms with Gasteiger partial charge < -0.3 is 19.2 Å². The number of ether oxygens (including phenoxy) is 1. The Morgan fingerprint density at radius 2 is 1.94 bits per heavy atom. The summed E-state index contributed by atoms with van der Waals surface area (Å²) in [6.45, 7) is 6.55. The number of carbonyl (C=O) groups is 2. The van der Waals surface area contributed by atoms with Crippen LogP contribution in [-0.4, -0.2) is 41.1 Å². The molecule has 3 unspecified atom stereocenters. The molecule has 4 rings (SSSR count). The number of nitrogens with zero attached hydrogens (tertiary/aromatic N) is 1. The van der Waals surface area contributed by atoms with Crippen molar-refractivity contribution in [3.8, 4) is 16.9 Å². The van der Waals surface area contributed by atoms with Gasteiger partial charge in [0.2, 0.25) is 0 Å². The Balaban J connectivity index is 1.53. The Kier molecular flexibility index (Phi) is 7.24. The number of amides is 1. The molecule has 0 bridgehead atoms. The summed E-state index contributed by atoms with van der Waals surface area (Å²) in [6, 6.07) is 14.6. The highest BCUT2D eigenvalue weighted by Gasteiger charge is 2.34. The van der Waals surface area contributed by atoms with E-state index in [4.69, 9.17) is 9.15 Å². The number of fused-ring (bicyclic) bond motifs is 1. The standard InChI is InChI=1S/C28H31NO6/c1-4-21(28(32)33)19-9-7-13-29(16-19)27(31)18(3)34-20-11-12-23-24(15-26(30)35-25(23)14-20)22-10-6-5-8-17(22)2/h5-6,8,10-12,14-15,18-19,21H,4,7,9,13,16H2,1-3H3,(H,32,33). The van der Waals surface area contributed by atoms with Gasteiger partial charge in [0.1, 0.15) is 11.3 Å². The average Bonchev–Trinajstić information content (AvgIpc) is 2.83. The lowest BCUT2D eigenvalue weighted by Crippen LogP contribution is -2.47. The van der Waals surface area contributed by atoms with Gasteiger partial charge in [0.15, 0.2) is 6.10 Å². The third-order valence-corrected chi connectivity index (χ3v) is 6.91. The highest BCUT2D eigenvalue weighted by molar-refractivity contribution is 5.94. The Labute approximate surface area is 204 Å². The van der Waals surface area contributed by atoms with Crippen molar-refractivity contribution in [1.29, 1.82) is 0 Å². The number of hydrogen-bond donors (Lipinski definition) is 1. The molecule has 2 aromatic carbocycles. The van der Waals surface area contributed by atoms with Crippen molar-refractivity contribution < 1.29 is 23.8 Å². The second-order valence-corrected chi connectivity index (χ2v) is 9.25. The normalized spacial score (nSPS) is 17.7. The average molecular weight is 478 g/mol. The van der Waals surface area contributed by atoms with Crippen LogP contribution in [0.1, 0.15) is 38.7 Å². The number of carboxylic acids is 1. The van der Waals surface area contributed by atoms with Gasteiger partial charge in [-0.25, -0.2) is 4.79 Å². The van der Waals surface area contributed by atoms with Crippen molar-refractivity contribution in [3.63, 3.8) is 0 Å². The first kappa shape index (κ1) is 24.5. The van der Waals surface area contributed by atoms with E-state index in [-0.39, 0.29) is 11.8 Å². The molecule has 7 nitrogen and oxygen atoms in total. The summed E-state index contributed by atoms with van der Waals surface area (Å²) in [6.07, 6.45) is 1.36. The van der Waals surface area contributed by atoms with E-state index in [1.54, 1.807) is 24.0 Å². The molecule has 1 saturated heterocycles. The van der Waals surface area contributed by atoms with Gasteiger partial charge in [-0.05, 0) is 62.3 Å². The molecule has 1 amide bonds. The van der Waals surface area contributed by atoms with Gasteiger partial charge in [0.05, 0.1) is 5.92 Å². The van der Waals surface area contributed by atoms with Crippen molar-refractivity contribution in [1.82, 2.24) is 4.90 Å². The minimum atomic E-state index is -0.807. The van der Waals surface area contributed by atoms with Gasteiger partial charge in [-0.1, -0.05) is 31.2 Å². The molecule has 3 atom stereocenters. The molecule has 184 valence electrons. The molecule has 7 heteroatoms. The van der Waals surface area contributed by atoms with Crippen LogP contribution in [0, 0.1) is 18.8 Å². The van der Waals surface area contributed by atoms with E-state index in [0.717, 1.165) is 34.9 Å². The Morgan fingerprint density at radius 3 is 2.66 bits per heavy atom. The van der Waals surface area contributed by atoms with Crippen LogP contribution in [0.4, 0.5) is 0 Å². The van der Waals surface area contributed by atoms with Gasteiger partial charge in [-0.3, -0.25) is 9.59 Å². The molecule has 0 aliphatic carbocycles. The number of hydrogen-bond acceptors (Lipinski definition) is 5. The lowest BCUT2D eigenvalue weighted by atomic mass is 9.83. The maximum Gasteiger partial charge on any atom is 0.336 e. The third kappa shape index (κ3) is 5.24. The van der Waals surface area contributed by atoms with Crippen LogP contribution in [0.2, 0.25) is 0 Å². The molecule has 0 radical (unpaired) electrons. The predicted molar refractivity (Wildman–Crippen MR) is 133 cm³/mol. The minimum absolute atomic E-state index is 0.0581. The number of rotatable bonds is 7. The molecule has 3 aromatic rings. The Bertz CT molecular complexity index is 1300. The van der Waals surface area contributed by atoms with Gasteiger partial charge in [-0.15, -0.1) is 0 Å². The van der Waals surface area contributed by atoms with Crippen LogP contribution in [0.25, 0.3) is 22.1 Å². The molecular weight excluding hydrogens is 446 g/mol. The molecule has 1 aliphatic rings. The molecule has 2 heterocycles. The maximum absolute atomic E-state index is 13.1. The summed E-state index contributed by atoms with van der Waals surface area (Å²) in [5.41, 5.74) is 2.72. The number of carboxylic acid groups (broad SMARTS) is 1. The number of aliphatic carboxylic acids is 1. The van der Waals surface area contributed by atoms with Crippen molar-refractivity contribution in [3.05, 3.63) is 64.5 Å². The number of carbonyl (C=O) groups excluding carboxylic acids is 1. The van der Waals surface area contributed by atoms with E-state index in [0.29, 0.717) is 30.8 Å². The molecule has 1 aromatic heterocycles. The third-order valence-electron chi connectivity index (χ3n) is 6.91. The zero-order valence-electron chi connectivity index (χ0n) is 20.3. The number of piperidine rings is 1. The lowest BCUT2D eigenvalue weighted by Gasteiger charge is -2.36. The number of aryl methyl sites for hydroxylation is 1. The summed E-state index contributed by atoms with van der Waals surface area (Å²) in [4.78, 5) is 38.7. The predicted octanol–water partition coefficient (Wildman–Crippen LogP) is 4.89. The Hall–Kier alpha value is -3.61. The van der Waals surface area contributed by atoms with Crippen molar-refractivity contribution in [2.75, 3.05) is 13.1 Å². The smallest absolute Gasteiger partial charge is 0.336 e. The molecule has 0 saturated carbocycles. The minimum Gasteiger partial charge on any atom is -0.481 e. The highest BCUT2D eigenvalue weighted by Crippen LogP contribution is 2.32. The zero-order valence-corrected chi connectivity index (χ0v) is 20.3. The summed E-state index contributed by atoms with van der Waals surface area (Å²) >= 11 is 0. The topological polar surface area (TPSA) is 97.0 Å². The van der Waals surface area contributed by atoms with Crippen molar-refractivity contribution in [2.24, 2.45) is 11.8 Å². The summed E-state index contributed by atoms with van der Waals surface area (Å²) in [7, 11) is 0. The van der Waals surface area contributed by atoms with E-state index in [2.05, 4.69) is 0 Å². The SMILES string of the molecule is CCC(C(=O)O)C1CCCN(C(=O)C(C)Oc2ccc3c(-c4ccccc4C)cc(=O)oc3c2)C1. The van der Waals surface area contributed by atoms with Crippen LogP contribution in [0.5, 0.6) is 5.75 Å². The summed E-state index contributed by atoms with van der Waals surface area (Å²) in [5, 5.41) is 10.3. The number of benzene rings is 2. The van der Waals surface area contributed by atoms with Crippen LogP contribution in [0.3, 0.4) is 0 Å². The van der Waals surface area contributed by atoms with E-state index in [9.17, 15) is 19.5 Å². The highest BCUT2D eigenvalue weighted by atomic mass is 16.5.